The summed E-state index contributed by atoms with van der Waals surface area (Å²) in [4.78, 5) is 13.2. The molecule has 0 radical (unpaired) electrons. The van der Waals surface area contributed by atoms with E-state index in [1.807, 2.05) is 6.92 Å². The summed E-state index contributed by atoms with van der Waals surface area (Å²) in [7, 11) is 0. The van der Waals surface area contributed by atoms with E-state index >= 15 is 0 Å². The van der Waals surface area contributed by atoms with Crippen LogP contribution in [-0.2, 0) is 6.54 Å². The maximum atomic E-state index is 11.4. The summed E-state index contributed by atoms with van der Waals surface area (Å²) in [6.07, 6.45) is 2.27. The molecular formula is C13H21N5O2. The van der Waals surface area contributed by atoms with Gasteiger partial charge in [0.05, 0.1) is 4.92 Å². The molecule has 0 amide bonds. The van der Waals surface area contributed by atoms with Crippen molar-refractivity contribution < 1.29 is 4.92 Å². The molecule has 1 N–H and O–H groups in total. The van der Waals surface area contributed by atoms with Gasteiger partial charge in [0.25, 0.3) is 0 Å². The first-order valence-corrected chi connectivity index (χ1v) is 7.24. The molecule has 110 valence electrons. The van der Waals surface area contributed by atoms with Crippen LogP contribution in [-0.4, -0.2) is 40.9 Å². The van der Waals surface area contributed by atoms with Gasteiger partial charge in [-0.15, -0.1) is 0 Å². The summed E-state index contributed by atoms with van der Waals surface area (Å²) >= 11 is 0. The Labute approximate surface area is 118 Å². The fourth-order valence-corrected chi connectivity index (χ4v) is 3.57. The van der Waals surface area contributed by atoms with Crippen molar-refractivity contribution in [2.75, 3.05) is 31.1 Å². The molecular weight excluding hydrogens is 258 g/mol. The Bertz CT molecular complexity index is 533. The molecule has 3 heterocycles. The summed E-state index contributed by atoms with van der Waals surface area (Å²) in [5, 5.41) is 19.1. The normalized spacial score (nSPS) is 25.8. The summed E-state index contributed by atoms with van der Waals surface area (Å²) in [6.45, 7) is 8.21. The molecule has 2 fully saturated rings. The van der Waals surface area contributed by atoms with Crippen molar-refractivity contribution in [3.8, 4) is 0 Å². The largest absolute Gasteiger partial charge is 0.350 e. The second-order valence-electron chi connectivity index (χ2n) is 5.93. The van der Waals surface area contributed by atoms with Crippen molar-refractivity contribution >= 4 is 11.5 Å². The van der Waals surface area contributed by atoms with Crippen LogP contribution in [0.2, 0.25) is 0 Å². The van der Waals surface area contributed by atoms with Crippen LogP contribution in [0.15, 0.2) is 0 Å². The molecule has 7 nitrogen and oxygen atoms in total. The second kappa shape index (κ2) is 4.73. The van der Waals surface area contributed by atoms with Gasteiger partial charge < -0.3 is 10.2 Å². The lowest BCUT2D eigenvalue weighted by Crippen LogP contribution is -2.30. The molecule has 1 atom stereocenters. The van der Waals surface area contributed by atoms with Gasteiger partial charge in [-0.2, -0.15) is 5.10 Å². The molecule has 0 aromatic carbocycles. The van der Waals surface area contributed by atoms with Crippen LogP contribution < -0.4 is 10.2 Å². The first-order chi connectivity index (χ1) is 9.56. The van der Waals surface area contributed by atoms with Crippen LogP contribution in [0.3, 0.4) is 0 Å². The van der Waals surface area contributed by atoms with E-state index < -0.39 is 0 Å². The van der Waals surface area contributed by atoms with Crippen LogP contribution in [0.25, 0.3) is 0 Å². The molecule has 2 aliphatic rings. The lowest BCUT2D eigenvalue weighted by atomic mass is 9.87. The van der Waals surface area contributed by atoms with E-state index in [1.54, 1.807) is 11.6 Å². The van der Waals surface area contributed by atoms with Crippen LogP contribution in [0.5, 0.6) is 0 Å². The number of aromatic nitrogens is 2. The van der Waals surface area contributed by atoms with Gasteiger partial charge in [0, 0.05) is 31.6 Å². The third-order valence-electron chi connectivity index (χ3n) is 4.62. The predicted octanol–water partition coefficient (Wildman–Crippen LogP) is 1.31. The minimum Gasteiger partial charge on any atom is -0.350 e. The van der Waals surface area contributed by atoms with E-state index in [0.717, 1.165) is 39.0 Å². The lowest BCUT2D eigenvalue weighted by molar-refractivity contribution is -0.384. The number of hydrogen-bond acceptors (Lipinski definition) is 5. The van der Waals surface area contributed by atoms with Gasteiger partial charge in [-0.3, -0.25) is 10.1 Å². The van der Waals surface area contributed by atoms with E-state index in [0.29, 0.717) is 23.5 Å². The van der Waals surface area contributed by atoms with Gasteiger partial charge in [-0.25, -0.2) is 4.68 Å². The number of nitrogens with one attached hydrogen (secondary N) is 1. The smallest absolute Gasteiger partial charge is 0.333 e. The van der Waals surface area contributed by atoms with Crippen LogP contribution >= 0.6 is 0 Å². The topological polar surface area (TPSA) is 76.2 Å². The third-order valence-corrected chi connectivity index (χ3v) is 4.62. The van der Waals surface area contributed by atoms with Crippen molar-refractivity contribution in [2.45, 2.75) is 33.2 Å². The SMILES string of the molecule is CCn1nc(C)c([N+](=O)[O-])c1N1CCC2(CCNC2)C1. The molecule has 3 rings (SSSR count). The quantitative estimate of drug-likeness (QED) is 0.667. The summed E-state index contributed by atoms with van der Waals surface area (Å²) in [5.41, 5.74) is 0.983. The Morgan fingerprint density at radius 1 is 1.50 bits per heavy atom. The molecule has 0 bridgehead atoms. The molecule has 1 aromatic rings. The number of aryl methyl sites for hydroxylation is 2. The summed E-state index contributed by atoms with van der Waals surface area (Å²) in [5.74, 6) is 0.693. The highest BCUT2D eigenvalue weighted by atomic mass is 16.6. The third kappa shape index (κ3) is 1.96. The van der Waals surface area contributed by atoms with Crippen LogP contribution in [0, 0.1) is 22.5 Å². The monoisotopic (exact) mass is 279 g/mol. The maximum Gasteiger partial charge on any atom is 0.333 e. The Balaban J connectivity index is 1.96. The fraction of sp³-hybridized carbons (Fsp3) is 0.769. The molecule has 20 heavy (non-hydrogen) atoms. The number of anilines is 1. The Morgan fingerprint density at radius 2 is 2.30 bits per heavy atom. The molecule has 2 aliphatic heterocycles. The second-order valence-corrected chi connectivity index (χ2v) is 5.93. The van der Waals surface area contributed by atoms with E-state index in [9.17, 15) is 10.1 Å². The highest BCUT2D eigenvalue weighted by Crippen LogP contribution is 2.41. The molecule has 1 spiro atoms. The number of nitrogens with zero attached hydrogens (tertiary/aromatic N) is 4. The van der Waals surface area contributed by atoms with Crippen molar-refractivity contribution in [2.24, 2.45) is 5.41 Å². The van der Waals surface area contributed by atoms with Gasteiger partial charge in [-0.05, 0) is 33.2 Å². The van der Waals surface area contributed by atoms with Crippen LogP contribution in [0.1, 0.15) is 25.5 Å². The Hall–Kier alpha value is -1.63. The number of hydrogen-bond donors (Lipinski definition) is 1. The van der Waals surface area contributed by atoms with Gasteiger partial charge in [0.2, 0.25) is 5.82 Å². The number of nitro groups is 1. The van der Waals surface area contributed by atoms with E-state index in [1.165, 1.54) is 0 Å². The molecule has 1 aromatic heterocycles. The summed E-state index contributed by atoms with van der Waals surface area (Å²) < 4.78 is 1.77. The predicted molar refractivity (Wildman–Crippen MR) is 76.0 cm³/mol. The average molecular weight is 279 g/mol. The lowest BCUT2D eigenvalue weighted by Gasteiger charge is -2.23. The molecule has 1 unspecified atom stereocenters. The first kappa shape index (κ1) is 13.4. The van der Waals surface area contributed by atoms with Gasteiger partial charge in [0.15, 0.2) is 0 Å². The number of rotatable bonds is 3. The molecule has 2 saturated heterocycles. The zero-order valence-electron chi connectivity index (χ0n) is 12.1. The zero-order chi connectivity index (χ0) is 14.3. The summed E-state index contributed by atoms with van der Waals surface area (Å²) in [6, 6.07) is 0. The maximum absolute atomic E-state index is 11.4. The minimum atomic E-state index is -0.290. The van der Waals surface area contributed by atoms with Crippen molar-refractivity contribution in [3.63, 3.8) is 0 Å². The highest BCUT2D eigenvalue weighted by Gasteiger charge is 2.43. The van der Waals surface area contributed by atoms with E-state index in [4.69, 9.17) is 0 Å². The fourth-order valence-electron chi connectivity index (χ4n) is 3.57. The first-order valence-electron chi connectivity index (χ1n) is 7.24. The Kier molecular flexibility index (Phi) is 3.16. The zero-order valence-corrected chi connectivity index (χ0v) is 12.1. The minimum absolute atomic E-state index is 0.176. The van der Waals surface area contributed by atoms with Crippen molar-refractivity contribution in [1.29, 1.82) is 0 Å². The van der Waals surface area contributed by atoms with Gasteiger partial charge in [-0.1, -0.05) is 0 Å². The average Bonchev–Trinajstić information content (AvgIpc) is 3.09. The molecule has 0 aliphatic carbocycles. The van der Waals surface area contributed by atoms with E-state index in [2.05, 4.69) is 15.3 Å². The Morgan fingerprint density at radius 3 is 2.90 bits per heavy atom. The molecule has 7 heteroatoms. The van der Waals surface area contributed by atoms with Crippen molar-refractivity contribution in [3.05, 3.63) is 15.8 Å². The highest BCUT2D eigenvalue weighted by molar-refractivity contribution is 5.62. The van der Waals surface area contributed by atoms with Gasteiger partial charge >= 0.3 is 5.69 Å². The van der Waals surface area contributed by atoms with Crippen molar-refractivity contribution in [1.82, 2.24) is 15.1 Å². The van der Waals surface area contributed by atoms with Crippen LogP contribution in [0.4, 0.5) is 11.5 Å². The van der Waals surface area contributed by atoms with E-state index in [-0.39, 0.29) is 10.6 Å². The molecule has 0 saturated carbocycles. The van der Waals surface area contributed by atoms with Gasteiger partial charge in [0.1, 0.15) is 5.69 Å². The standard InChI is InChI=1S/C13H21N5O2/c1-3-17-12(11(18(19)20)10(2)15-17)16-7-5-13(9-16)4-6-14-8-13/h14H,3-9H2,1-2H3.